The molecule has 1 aliphatic heterocycles. The van der Waals surface area contributed by atoms with E-state index in [1.165, 1.54) is 19.4 Å². The molecule has 150 valence electrons. The summed E-state index contributed by atoms with van der Waals surface area (Å²) in [4.78, 5) is 15.4. The quantitative estimate of drug-likeness (QED) is 0.710. The SMILES string of the molecule is CCCCN1CCC(NC(=O)c2ccccc2Nc2ccc(OC)cc2)CC1. The van der Waals surface area contributed by atoms with Gasteiger partial charge in [0.1, 0.15) is 5.75 Å². The molecule has 1 fully saturated rings. The van der Waals surface area contributed by atoms with Gasteiger partial charge >= 0.3 is 0 Å². The van der Waals surface area contributed by atoms with Crippen LogP contribution in [0, 0.1) is 0 Å². The summed E-state index contributed by atoms with van der Waals surface area (Å²) in [6.07, 6.45) is 4.52. The topological polar surface area (TPSA) is 53.6 Å². The Bertz CT molecular complexity index is 753. The maximum absolute atomic E-state index is 12.9. The zero-order chi connectivity index (χ0) is 19.8. The molecule has 0 radical (unpaired) electrons. The first-order chi connectivity index (χ1) is 13.7. The van der Waals surface area contributed by atoms with Gasteiger partial charge < -0.3 is 20.3 Å². The Balaban J connectivity index is 1.59. The van der Waals surface area contributed by atoms with Gasteiger partial charge in [-0.2, -0.15) is 0 Å². The second-order valence-corrected chi connectivity index (χ2v) is 7.34. The number of likely N-dealkylation sites (tertiary alicyclic amines) is 1. The lowest BCUT2D eigenvalue weighted by Crippen LogP contribution is -2.44. The molecular formula is C23H31N3O2. The number of nitrogens with one attached hydrogen (secondary N) is 2. The van der Waals surface area contributed by atoms with Crippen LogP contribution >= 0.6 is 0 Å². The van der Waals surface area contributed by atoms with Crippen LogP contribution < -0.4 is 15.4 Å². The number of rotatable bonds is 8. The Morgan fingerprint density at radius 3 is 2.50 bits per heavy atom. The first-order valence-electron chi connectivity index (χ1n) is 10.2. The smallest absolute Gasteiger partial charge is 0.253 e. The number of anilines is 2. The third kappa shape index (κ3) is 5.49. The third-order valence-corrected chi connectivity index (χ3v) is 5.29. The molecule has 1 heterocycles. The summed E-state index contributed by atoms with van der Waals surface area (Å²) in [7, 11) is 1.65. The van der Waals surface area contributed by atoms with E-state index in [1.54, 1.807) is 7.11 Å². The number of piperidine rings is 1. The molecule has 1 saturated heterocycles. The van der Waals surface area contributed by atoms with Gasteiger partial charge in [-0.15, -0.1) is 0 Å². The number of unbranched alkanes of at least 4 members (excludes halogenated alkanes) is 1. The van der Waals surface area contributed by atoms with E-state index >= 15 is 0 Å². The molecule has 0 aromatic heterocycles. The minimum atomic E-state index is -0.0105. The highest BCUT2D eigenvalue weighted by Crippen LogP contribution is 2.23. The van der Waals surface area contributed by atoms with Gasteiger partial charge in [-0.1, -0.05) is 25.5 Å². The summed E-state index contributed by atoms with van der Waals surface area (Å²) in [5, 5.41) is 6.58. The van der Waals surface area contributed by atoms with E-state index in [1.807, 2.05) is 48.5 Å². The van der Waals surface area contributed by atoms with Gasteiger partial charge in [-0.25, -0.2) is 0 Å². The van der Waals surface area contributed by atoms with Crippen LogP contribution in [0.1, 0.15) is 43.0 Å². The number of nitrogens with zero attached hydrogens (tertiary/aromatic N) is 1. The largest absolute Gasteiger partial charge is 0.497 e. The van der Waals surface area contributed by atoms with Gasteiger partial charge in [0.05, 0.1) is 18.4 Å². The van der Waals surface area contributed by atoms with Crippen LogP contribution in [0.15, 0.2) is 48.5 Å². The van der Waals surface area contributed by atoms with Crippen molar-refractivity contribution in [2.24, 2.45) is 0 Å². The Morgan fingerprint density at radius 2 is 1.82 bits per heavy atom. The van der Waals surface area contributed by atoms with E-state index in [-0.39, 0.29) is 11.9 Å². The molecule has 28 heavy (non-hydrogen) atoms. The summed E-state index contributed by atoms with van der Waals surface area (Å²) in [5.41, 5.74) is 2.41. The van der Waals surface area contributed by atoms with E-state index in [2.05, 4.69) is 22.5 Å². The van der Waals surface area contributed by atoms with Crippen LogP contribution in [-0.2, 0) is 0 Å². The van der Waals surface area contributed by atoms with Gasteiger partial charge in [0.15, 0.2) is 0 Å². The number of amides is 1. The number of methoxy groups -OCH3 is 1. The average molecular weight is 382 g/mol. The van der Waals surface area contributed by atoms with Crippen molar-refractivity contribution in [3.8, 4) is 5.75 Å². The second kappa shape index (κ2) is 10.1. The summed E-state index contributed by atoms with van der Waals surface area (Å²) < 4.78 is 5.20. The zero-order valence-electron chi connectivity index (χ0n) is 16.9. The molecule has 1 amide bonds. The van der Waals surface area contributed by atoms with E-state index in [0.29, 0.717) is 5.56 Å². The molecule has 5 nitrogen and oxygen atoms in total. The van der Waals surface area contributed by atoms with Crippen molar-refractivity contribution >= 4 is 17.3 Å². The molecule has 0 atom stereocenters. The highest BCUT2D eigenvalue weighted by Gasteiger charge is 2.21. The van der Waals surface area contributed by atoms with Crippen LogP contribution in [0.5, 0.6) is 5.75 Å². The zero-order valence-corrected chi connectivity index (χ0v) is 16.9. The fourth-order valence-corrected chi connectivity index (χ4v) is 3.57. The van der Waals surface area contributed by atoms with E-state index in [9.17, 15) is 4.79 Å². The van der Waals surface area contributed by atoms with Crippen LogP contribution in [-0.4, -0.2) is 43.6 Å². The summed E-state index contributed by atoms with van der Waals surface area (Å²) in [6, 6.07) is 15.6. The van der Waals surface area contributed by atoms with Gasteiger partial charge in [0.2, 0.25) is 0 Å². The molecule has 3 rings (SSSR count). The van der Waals surface area contributed by atoms with Crippen molar-refractivity contribution in [3.05, 3.63) is 54.1 Å². The Hall–Kier alpha value is -2.53. The number of para-hydroxylation sites is 1. The number of hydrogen-bond acceptors (Lipinski definition) is 4. The van der Waals surface area contributed by atoms with Crippen molar-refractivity contribution in [2.45, 2.75) is 38.6 Å². The van der Waals surface area contributed by atoms with Crippen molar-refractivity contribution in [2.75, 3.05) is 32.1 Å². The van der Waals surface area contributed by atoms with Crippen LogP contribution in [0.4, 0.5) is 11.4 Å². The van der Waals surface area contributed by atoms with Crippen LogP contribution in [0.25, 0.3) is 0 Å². The standard InChI is InChI=1S/C23H31N3O2/c1-3-4-15-26-16-13-19(14-17-26)25-23(27)21-7-5-6-8-22(21)24-18-9-11-20(28-2)12-10-18/h5-12,19,24H,3-4,13-17H2,1-2H3,(H,25,27). The molecule has 2 aromatic rings. The Kier molecular flexibility index (Phi) is 7.31. The number of ether oxygens (including phenoxy) is 1. The Labute approximate surface area is 168 Å². The fraction of sp³-hybridized carbons (Fsp3) is 0.435. The highest BCUT2D eigenvalue weighted by atomic mass is 16.5. The van der Waals surface area contributed by atoms with E-state index in [0.717, 1.165) is 43.1 Å². The second-order valence-electron chi connectivity index (χ2n) is 7.34. The van der Waals surface area contributed by atoms with Crippen LogP contribution in [0.2, 0.25) is 0 Å². The molecule has 0 bridgehead atoms. The molecule has 2 N–H and O–H groups in total. The van der Waals surface area contributed by atoms with Crippen LogP contribution in [0.3, 0.4) is 0 Å². The van der Waals surface area contributed by atoms with Gasteiger partial charge in [-0.05, 0) is 62.2 Å². The maximum Gasteiger partial charge on any atom is 0.253 e. The maximum atomic E-state index is 12.9. The minimum Gasteiger partial charge on any atom is -0.497 e. The molecule has 0 saturated carbocycles. The lowest BCUT2D eigenvalue weighted by atomic mass is 10.0. The predicted octanol–water partition coefficient (Wildman–Crippen LogP) is 4.43. The molecule has 0 aliphatic carbocycles. The first kappa shape index (κ1) is 20.2. The lowest BCUT2D eigenvalue weighted by Gasteiger charge is -2.32. The van der Waals surface area contributed by atoms with Crippen molar-refractivity contribution < 1.29 is 9.53 Å². The summed E-state index contributed by atoms with van der Waals surface area (Å²) in [6.45, 7) is 5.53. The predicted molar refractivity (Wildman–Crippen MR) is 115 cm³/mol. The van der Waals surface area contributed by atoms with Gasteiger partial charge in [0.25, 0.3) is 5.91 Å². The summed E-state index contributed by atoms with van der Waals surface area (Å²) >= 11 is 0. The molecule has 0 unspecified atom stereocenters. The number of carbonyl (C=O) groups excluding carboxylic acids is 1. The number of hydrogen-bond donors (Lipinski definition) is 2. The molecule has 2 aromatic carbocycles. The molecular weight excluding hydrogens is 350 g/mol. The first-order valence-corrected chi connectivity index (χ1v) is 10.2. The number of benzene rings is 2. The fourth-order valence-electron chi connectivity index (χ4n) is 3.57. The number of carbonyl (C=O) groups is 1. The average Bonchev–Trinajstić information content (AvgIpc) is 2.74. The normalized spacial score (nSPS) is 15.2. The van der Waals surface area contributed by atoms with E-state index in [4.69, 9.17) is 4.74 Å². The third-order valence-electron chi connectivity index (χ3n) is 5.29. The van der Waals surface area contributed by atoms with E-state index < -0.39 is 0 Å². The van der Waals surface area contributed by atoms with Crippen molar-refractivity contribution in [3.63, 3.8) is 0 Å². The van der Waals surface area contributed by atoms with Crippen molar-refractivity contribution in [1.82, 2.24) is 10.2 Å². The van der Waals surface area contributed by atoms with Gasteiger partial charge in [-0.3, -0.25) is 4.79 Å². The minimum absolute atomic E-state index is 0.0105. The highest BCUT2D eigenvalue weighted by molar-refractivity contribution is 6.00. The molecule has 1 aliphatic rings. The lowest BCUT2D eigenvalue weighted by molar-refractivity contribution is 0.0911. The van der Waals surface area contributed by atoms with Gasteiger partial charge in [0, 0.05) is 24.8 Å². The summed E-state index contributed by atoms with van der Waals surface area (Å²) in [5.74, 6) is 0.797. The van der Waals surface area contributed by atoms with Crippen molar-refractivity contribution in [1.29, 1.82) is 0 Å². The molecule has 5 heteroatoms. The Morgan fingerprint density at radius 1 is 1.11 bits per heavy atom. The monoisotopic (exact) mass is 381 g/mol. The molecule has 0 spiro atoms.